The highest BCUT2D eigenvalue weighted by Crippen LogP contribution is 2.37. The molecule has 0 aromatic heterocycles. The van der Waals surface area contributed by atoms with E-state index in [0.29, 0.717) is 22.8 Å². The molecule has 1 aliphatic carbocycles. The quantitative estimate of drug-likeness (QED) is 0.541. The van der Waals surface area contributed by atoms with Crippen molar-refractivity contribution in [2.24, 2.45) is 9.98 Å². The van der Waals surface area contributed by atoms with Crippen LogP contribution in [-0.4, -0.2) is 36.4 Å². The minimum absolute atomic E-state index is 0.0561. The van der Waals surface area contributed by atoms with E-state index in [2.05, 4.69) is 23.1 Å². The third-order valence-electron chi connectivity index (χ3n) is 3.89. The van der Waals surface area contributed by atoms with Crippen LogP contribution < -0.4 is 0 Å². The molecular weight excluding hydrogens is 322 g/mol. The highest BCUT2D eigenvalue weighted by Gasteiger charge is 2.37. The lowest BCUT2D eigenvalue weighted by Crippen LogP contribution is -2.24. The van der Waals surface area contributed by atoms with E-state index in [1.54, 1.807) is 12.2 Å². The minimum atomic E-state index is -0.0561. The Kier molecular flexibility index (Phi) is 7.44. The van der Waals surface area contributed by atoms with E-state index in [1.807, 2.05) is 65.8 Å². The van der Waals surface area contributed by atoms with Crippen molar-refractivity contribution in [2.75, 3.05) is 14.1 Å². The zero-order valence-corrected chi connectivity index (χ0v) is 17.0. The molecule has 26 heavy (non-hydrogen) atoms. The van der Waals surface area contributed by atoms with Gasteiger partial charge in [0.05, 0.1) is 5.57 Å². The van der Waals surface area contributed by atoms with Crippen LogP contribution in [-0.2, 0) is 4.79 Å². The van der Waals surface area contributed by atoms with Crippen molar-refractivity contribution in [3.63, 3.8) is 0 Å². The Morgan fingerprint density at radius 2 is 1.65 bits per heavy atom. The summed E-state index contributed by atoms with van der Waals surface area (Å²) in [7, 11) is 3.76. The highest BCUT2D eigenvalue weighted by molar-refractivity contribution is 6.35. The summed E-state index contributed by atoms with van der Waals surface area (Å²) in [5.41, 5.74) is 4.88. The molecule has 4 heteroatoms. The number of aliphatic imine (C=N–C) groups is 2. The molecule has 0 bridgehead atoms. The number of guanidine groups is 1. The Balaban J connectivity index is 0.00000163. The Hall–Kier alpha value is -2.75. The summed E-state index contributed by atoms with van der Waals surface area (Å²) in [5, 5.41) is 0. The van der Waals surface area contributed by atoms with Gasteiger partial charge >= 0.3 is 0 Å². The summed E-state index contributed by atoms with van der Waals surface area (Å²) >= 11 is 0. The Morgan fingerprint density at radius 1 is 1.08 bits per heavy atom. The highest BCUT2D eigenvalue weighted by atomic mass is 16.1. The zero-order chi connectivity index (χ0) is 20.0. The fraction of sp³-hybridized carbons (Fsp3) is 0.318. The normalized spacial score (nSPS) is 19.7. The van der Waals surface area contributed by atoms with Crippen LogP contribution in [0.5, 0.6) is 0 Å². The number of nitrogens with zero attached hydrogens (tertiary/aromatic N) is 3. The molecule has 0 N–H and O–H groups in total. The van der Waals surface area contributed by atoms with E-state index in [9.17, 15) is 4.79 Å². The van der Waals surface area contributed by atoms with Crippen molar-refractivity contribution in [3.05, 3.63) is 71.0 Å². The number of hydrogen-bond donors (Lipinski definition) is 0. The molecule has 138 valence electrons. The van der Waals surface area contributed by atoms with Crippen molar-refractivity contribution in [3.8, 4) is 0 Å². The number of ketones is 1. The van der Waals surface area contributed by atoms with Crippen molar-refractivity contribution < 1.29 is 4.79 Å². The number of allylic oxidation sites excluding steroid dienone is 9. The second-order valence-electron chi connectivity index (χ2n) is 5.82. The van der Waals surface area contributed by atoms with Crippen LogP contribution in [0, 0.1) is 0 Å². The number of rotatable bonds is 3. The molecule has 0 unspecified atom stereocenters. The van der Waals surface area contributed by atoms with Gasteiger partial charge in [-0.1, -0.05) is 56.9 Å². The number of carbonyl (C=O) groups excluding carboxylic acids is 1. The van der Waals surface area contributed by atoms with Gasteiger partial charge in [-0.3, -0.25) is 4.79 Å². The lowest BCUT2D eigenvalue weighted by atomic mass is 9.80. The van der Waals surface area contributed by atoms with E-state index in [4.69, 9.17) is 0 Å². The molecule has 0 fully saturated rings. The number of Topliss-reactive ketones (excluding diaryl/α,β-unsaturated/α-hetero) is 1. The van der Waals surface area contributed by atoms with Crippen LogP contribution >= 0.6 is 0 Å². The third kappa shape index (κ3) is 3.74. The van der Waals surface area contributed by atoms with Gasteiger partial charge in [0.2, 0.25) is 5.96 Å². The molecule has 1 aliphatic heterocycles. The molecular formula is C22H29N3O. The number of carbonyl (C=O) groups is 1. The molecule has 0 saturated carbocycles. The van der Waals surface area contributed by atoms with Gasteiger partial charge < -0.3 is 4.90 Å². The van der Waals surface area contributed by atoms with E-state index in [-0.39, 0.29) is 5.78 Å². The molecule has 2 aliphatic rings. The number of hydrogen-bond acceptors (Lipinski definition) is 4. The maximum absolute atomic E-state index is 13.1. The van der Waals surface area contributed by atoms with Crippen molar-refractivity contribution in [1.29, 1.82) is 0 Å². The van der Waals surface area contributed by atoms with E-state index >= 15 is 0 Å². The lowest BCUT2D eigenvalue weighted by Gasteiger charge is -2.23. The summed E-state index contributed by atoms with van der Waals surface area (Å²) < 4.78 is 0. The lowest BCUT2D eigenvalue weighted by molar-refractivity contribution is -0.111. The van der Waals surface area contributed by atoms with Gasteiger partial charge in [0.1, 0.15) is 11.4 Å². The fourth-order valence-electron chi connectivity index (χ4n) is 2.77. The first kappa shape index (κ1) is 21.3. The smallest absolute Gasteiger partial charge is 0.226 e. The van der Waals surface area contributed by atoms with Gasteiger partial charge in [0.25, 0.3) is 0 Å². The monoisotopic (exact) mass is 351 g/mol. The molecule has 0 radical (unpaired) electrons. The van der Waals surface area contributed by atoms with Crippen LogP contribution in [0.3, 0.4) is 0 Å². The largest absolute Gasteiger partial charge is 0.347 e. The summed E-state index contributed by atoms with van der Waals surface area (Å²) in [6.45, 7) is 17.4. The number of fused-ring (bicyclic) bond motifs is 1. The van der Waals surface area contributed by atoms with Gasteiger partial charge in [-0.2, -0.15) is 0 Å². The average molecular weight is 351 g/mol. The minimum Gasteiger partial charge on any atom is -0.347 e. The predicted molar refractivity (Wildman–Crippen MR) is 113 cm³/mol. The first-order valence-electron chi connectivity index (χ1n) is 8.83. The maximum Gasteiger partial charge on any atom is 0.226 e. The standard InChI is InChI=1S/C20H23N3O.C2H6/c1-8-11-15(12(4)5)16-18-17(21-20(22-18)23(6)7)13(9-2)14(10-3)19(16)24;1-2/h8-11H,1,4H2,2-3,5-7H3;1-2H3/b13-9+,14-10+,15-11+;. The molecule has 0 saturated heterocycles. The zero-order valence-electron chi connectivity index (χ0n) is 17.0. The van der Waals surface area contributed by atoms with Crippen molar-refractivity contribution >= 4 is 17.5 Å². The van der Waals surface area contributed by atoms with Gasteiger partial charge in [-0.05, 0) is 26.3 Å². The molecule has 0 aromatic carbocycles. The summed E-state index contributed by atoms with van der Waals surface area (Å²) in [4.78, 5) is 24.2. The van der Waals surface area contributed by atoms with Gasteiger partial charge in [-0.15, -0.1) is 0 Å². The Labute approximate surface area is 157 Å². The second kappa shape index (κ2) is 9.09. The van der Waals surface area contributed by atoms with Crippen molar-refractivity contribution in [2.45, 2.75) is 34.6 Å². The van der Waals surface area contributed by atoms with Gasteiger partial charge in [-0.25, -0.2) is 9.98 Å². The predicted octanol–water partition coefficient (Wildman–Crippen LogP) is 4.80. The molecule has 0 spiro atoms. The Morgan fingerprint density at radius 3 is 2.08 bits per heavy atom. The van der Waals surface area contributed by atoms with E-state index < -0.39 is 0 Å². The van der Waals surface area contributed by atoms with Crippen LogP contribution in [0.4, 0.5) is 0 Å². The average Bonchev–Trinajstić information content (AvgIpc) is 3.06. The van der Waals surface area contributed by atoms with Gasteiger partial charge in [0, 0.05) is 25.2 Å². The SMILES string of the molecule is C=C/C=C(\C(=C)C)C1=C2N=C(N(C)C)N=C2C(=C/C)/C(=C\C)C1=O.CC. The van der Waals surface area contributed by atoms with Crippen LogP contribution in [0.2, 0.25) is 0 Å². The first-order chi connectivity index (χ1) is 12.4. The second-order valence-corrected chi connectivity index (χ2v) is 5.82. The van der Waals surface area contributed by atoms with Crippen LogP contribution in [0.15, 0.2) is 81.0 Å². The molecule has 2 rings (SSSR count). The van der Waals surface area contributed by atoms with E-state index in [1.165, 1.54) is 0 Å². The van der Waals surface area contributed by atoms with E-state index in [0.717, 1.165) is 22.4 Å². The molecule has 1 heterocycles. The summed E-state index contributed by atoms with van der Waals surface area (Å²) in [6, 6.07) is 0. The van der Waals surface area contributed by atoms with Gasteiger partial charge in [0.15, 0.2) is 5.78 Å². The Bertz CT molecular complexity index is 812. The first-order valence-corrected chi connectivity index (χ1v) is 8.83. The van der Waals surface area contributed by atoms with Crippen molar-refractivity contribution in [1.82, 2.24) is 4.90 Å². The fourth-order valence-corrected chi connectivity index (χ4v) is 2.77. The third-order valence-corrected chi connectivity index (χ3v) is 3.89. The molecule has 0 atom stereocenters. The molecule has 4 nitrogen and oxygen atoms in total. The molecule has 0 amide bonds. The summed E-state index contributed by atoms with van der Waals surface area (Å²) in [6.07, 6.45) is 7.20. The van der Waals surface area contributed by atoms with Crippen LogP contribution in [0.25, 0.3) is 0 Å². The summed E-state index contributed by atoms with van der Waals surface area (Å²) in [5.74, 6) is 0.529. The van der Waals surface area contributed by atoms with Crippen LogP contribution in [0.1, 0.15) is 34.6 Å². The maximum atomic E-state index is 13.1. The topological polar surface area (TPSA) is 45.0 Å². The molecule has 0 aromatic rings.